The van der Waals surface area contributed by atoms with E-state index in [1.807, 2.05) is 54.6 Å². The van der Waals surface area contributed by atoms with Gasteiger partial charge in [0, 0.05) is 13.1 Å². The summed E-state index contributed by atoms with van der Waals surface area (Å²) in [5.74, 6) is -0.447. The molecular weight excluding hydrogens is 579 g/mol. The number of hydrogen-bond donors (Lipinski definition) is 0. The van der Waals surface area contributed by atoms with Crippen molar-refractivity contribution in [3.63, 3.8) is 0 Å². The first-order valence-electron chi connectivity index (χ1n) is 13.0. The maximum Gasteiger partial charge on any atom is 0.294 e. The van der Waals surface area contributed by atoms with Gasteiger partial charge in [-0.2, -0.15) is 0 Å². The highest BCUT2D eigenvalue weighted by atomic mass is 35.5. The lowest BCUT2D eigenvalue weighted by Gasteiger charge is -2.29. The SMILES string of the molecule is O=C(CN1C(=O)S/C(=C\c2cc(Cl)c(OCc3ccc4ccccc4c3)c(Cl)c2)C1=O)N1CCc2ccccc2C1. The fourth-order valence-electron chi connectivity index (χ4n) is 5.02. The number of halogens is 2. The van der Waals surface area contributed by atoms with Crippen LogP contribution < -0.4 is 4.74 Å². The van der Waals surface area contributed by atoms with Gasteiger partial charge in [0.1, 0.15) is 13.2 Å². The van der Waals surface area contributed by atoms with Crippen LogP contribution >= 0.6 is 35.0 Å². The topological polar surface area (TPSA) is 66.9 Å². The lowest BCUT2D eigenvalue weighted by molar-refractivity contribution is -0.136. The normalized spacial score (nSPS) is 16.0. The second kappa shape index (κ2) is 11.6. The van der Waals surface area contributed by atoms with Crippen molar-refractivity contribution >= 4 is 68.9 Å². The lowest BCUT2D eigenvalue weighted by atomic mass is 10.00. The Bertz CT molecular complexity index is 1720. The summed E-state index contributed by atoms with van der Waals surface area (Å²) in [5.41, 5.74) is 3.81. The smallest absolute Gasteiger partial charge is 0.294 e. The van der Waals surface area contributed by atoms with Crippen LogP contribution in [0, 0.1) is 0 Å². The Labute approximate surface area is 251 Å². The maximum atomic E-state index is 13.1. The fraction of sp³-hybridized carbons (Fsp3) is 0.156. The van der Waals surface area contributed by atoms with Gasteiger partial charge in [-0.1, -0.05) is 83.9 Å². The van der Waals surface area contributed by atoms with E-state index in [0.29, 0.717) is 24.4 Å². The zero-order valence-corrected chi connectivity index (χ0v) is 24.1. The minimum absolute atomic E-state index is 0.198. The van der Waals surface area contributed by atoms with Crippen LogP contribution in [0.2, 0.25) is 10.0 Å². The standard InChI is InChI=1S/C32H24Cl2N2O4S/c33-26-14-21(15-27(34)30(26)40-19-20-9-10-22-5-1-3-7-24(22)13-20)16-28-31(38)36(32(39)41-28)18-29(37)35-12-11-23-6-2-4-8-25(23)17-35/h1-10,13-16H,11-12,17-19H2/b28-16-. The molecule has 0 N–H and O–H groups in total. The molecule has 3 amide bonds. The van der Waals surface area contributed by atoms with Gasteiger partial charge in [-0.3, -0.25) is 19.3 Å². The molecule has 0 saturated carbocycles. The second-order valence-electron chi connectivity index (χ2n) is 9.89. The second-order valence-corrected chi connectivity index (χ2v) is 11.7. The Morgan fingerprint density at radius 1 is 0.902 bits per heavy atom. The number of carbonyl (C=O) groups excluding carboxylic acids is 3. The summed E-state index contributed by atoms with van der Waals surface area (Å²) in [5, 5.41) is 2.33. The minimum atomic E-state index is -0.519. The van der Waals surface area contributed by atoms with Crippen molar-refractivity contribution in [1.29, 1.82) is 0 Å². The summed E-state index contributed by atoms with van der Waals surface area (Å²) in [6.45, 7) is 0.994. The molecule has 0 aliphatic carbocycles. The molecule has 0 radical (unpaired) electrons. The highest BCUT2D eigenvalue weighted by molar-refractivity contribution is 8.18. The number of amides is 3. The third-order valence-electron chi connectivity index (χ3n) is 7.17. The van der Waals surface area contributed by atoms with Crippen molar-refractivity contribution in [2.45, 2.75) is 19.6 Å². The van der Waals surface area contributed by atoms with E-state index >= 15 is 0 Å². The molecule has 0 unspecified atom stereocenters. The number of hydrogen-bond acceptors (Lipinski definition) is 5. The monoisotopic (exact) mass is 602 g/mol. The molecule has 1 fully saturated rings. The highest BCUT2D eigenvalue weighted by Gasteiger charge is 2.37. The summed E-state index contributed by atoms with van der Waals surface area (Å²) in [6, 6.07) is 25.4. The molecule has 41 heavy (non-hydrogen) atoms. The summed E-state index contributed by atoms with van der Waals surface area (Å²) < 4.78 is 5.94. The van der Waals surface area contributed by atoms with Crippen molar-refractivity contribution < 1.29 is 19.1 Å². The summed E-state index contributed by atoms with van der Waals surface area (Å²) in [6.07, 6.45) is 2.30. The third kappa shape index (κ3) is 5.84. The molecular formula is C32H24Cl2N2O4S. The fourth-order valence-corrected chi connectivity index (χ4v) is 6.47. The van der Waals surface area contributed by atoms with Gasteiger partial charge in [0.15, 0.2) is 5.75 Å². The van der Waals surface area contributed by atoms with Crippen LogP contribution in [0.5, 0.6) is 5.75 Å². The summed E-state index contributed by atoms with van der Waals surface area (Å²) in [4.78, 5) is 41.6. The van der Waals surface area contributed by atoms with E-state index in [1.165, 1.54) is 5.56 Å². The average molecular weight is 604 g/mol. The van der Waals surface area contributed by atoms with Gasteiger partial charge < -0.3 is 9.64 Å². The first-order valence-corrected chi connectivity index (χ1v) is 14.6. The zero-order valence-electron chi connectivity index (χ0n) is 21.8. The molecule has 6 nitrogen and oxygen atoms in total. The van der Waals surface area contributed by atoms with E-state index in [9.17, 15) is 14.4 Å². The average Bonchev–Trinajstić information content (AvgIpc) is 3.23. The van der Waals surface area contributed by atoms with Crippen molar-refractivity contribution in [1.82, 2.24) is 9.80 Å². The number of carbonyl (C=O) groups is 3. The van der Waals surface area contributed by atoms with Crippen LogP contribution in [-0.4, -0.2) is 39.9 Å². The Morgan fingerprint density at radius 2 is 1.61 bits per heavy atom. The van der Waals surface area contributed by atoms with E-state index in [-0.39, 0.29) is 34.0 Å². The Balaban J connectivity index is 1.12. The molecule has 0 atom stereocenters. The quantitative estimate of drug-likeness (QED) is 0.216. The van der Waals surface area contributed by atoms with E-state index in [1.54, 1.807) is 23.1 Å². The van der Waals surface area contributed by atoms with Crippen molar-refractivity contribution in [2.24, 2.45) is 0 Å². The van der Waals surface area contributed by atoms with E-state index in [2.05, 4.69) is 12.1 Å². The van der Waals surface area contributed by atoms with Gasteiger partial charge >= 0.3 is 0 Å². The predicted molar refractivity (Wildman–Crippen MR) is 163 cm³/mol. The molecule has 0 spiro atoms. The summed E-state index contributed by atoms with van der Waals surface area (Å²) in [7, 11) is 0. The van der Waals surface area contributed by atoms with Crippen molar-refractivity contribution in [3.05, 3.63) is 116 Å². The number of thioether (sulfide) groups is 1. The lowest BCUT2D eigenvalue weighted by Crippen LogP contribution is -2.44. The van der Waals surface area contributed by atoms with Gasteiger partial charge in [-0.15, -0.1) is 0 Å². The van der Waals surface area contributed by atoms with Crippen LogP contribution in [0.4, 0.5) is 4.79 Å². The van der Waals surface area contributed by atoms with E-state index in [4.69, 9.17) is 27.9 Å². The molecule has 0 aromatic heterocycles. The zero-order chi connectivity index (χ0) is 28.5. The molecule has 0 bridgehead atoms. The highest BCUT2D eigenvalue weighted by Crippen LogP contribution is 2.38. The predicted octanol–water partition coefficient (Wildman–Crippen LogP) is 7.35. The minimum Gasteiger partial charge on any atom is -0.486 e. The molecule has 2 aliphatic rings. The van der Waals surface area contributed by atoms with Gasteiger partial charge in [0.2, 0.25) is 5.91 Å². The molecule has 2 aliphatic heterocycles. The maximum absolute atomic E-state index is 13.1. The van der Waals surface area contributed by atoms with Crippen LogP contribution in [-0.2, 0) is 29.2 Å². The van der Waals surface area contributed by atoms with E-state index < -0.39 is 11.1 Å². The van der Waals surface area contributed by atoms with Crippen molar-refractivity contribution in [2.75, 3.05) is 13.1 Å². The van der Waals surface area contributed by atoms with Gasteiger partial charge in [0.05, 0.1) is 15.0 Å². The molecule has 206 valence electrons. The van der Waals surface area contributed by atoms with E-state index in [0.717, 1.165) is 45.0 Å². The Hall–Kier alpha value is -3.78. The molecule has 6 rings (SSSR count). The van der Waals surface area contributed by atoms with Gasteiger partial charge in [-0.25, -0.2) is 0 Å². The third-order valence-corrected chi connectivity index (χ3v) is 8.63. The Morgan fingerprint density at radius 3 is 2.39 bits per heavy atom. The molecule has 2 heterocycles. The first-order chi connectivity index (χ1) is 19.9. The Kier molecular flexibility index (Phi) is 7.75. The summed E-state index contributed by atoms with van der Waals surface area (Å²) >= 11 is 13.8. The van der Waals surface area contributed by atoms with Gasteiger partial charge in [0.25, 0.3) is 11.1 Å². The van der Waals surface area contributed by atoms with Crippen LogP contribution in [0.25, 0.3) is 16.8 Å². The molecule has 9 heteroatoms. The first kappa shape index (κ1) is 27.4. The largest absolute Gasteiger partial charge is 0.486 e. The number of ether oxygens (including phenoxy) is 1. The number of nitrogens with zero attached hydrogens (tertiary/aromatic N) is 2. The van der Waals surface area contributed by atoms with Crippen LogP contribution in [0.3, 0.4) is 0 Å². The van der Waals surface area contributed by atoms with Crippen LogP contribution in [0.15, 0.2) is 83.8 Å². The van der Waals surface area contributed by atoms with Crippen LogP contribution in [0.1, 0.15) is 22.3 Å². The number of benzene rings is 4. The number of rotatable bonds is 6. The molecule has 4 aromatic rings. The molecule has 1 saturated heterocycles. The molecule has 4 aromatic carbocycles. The number of fused-ring (bicyclic) bond motifs is 2. The van der Waals surface area contributed by atoms with Gasteiger partial charge in [-0.05, 0) is 75.5 Å². The number of imide groups is 1. The van der Waals surface area contributed by atoms with Crippen molar-refractivity contribution in [3.8, 4) is 5.75 Å².